The lowest BCUT2D eigenvalue weighted by Crippen LogP contribution is -2.54. The van der Waals surface area contributed by atoms with Crippen LogP contribution >= 0.6 is 11.6 Å². The van der Waals surface area contributed by atoms with Gasteiger partial charge in [0.2, 0.25) is 5.91 Å². The van der Waals surface area contributed by atoms with Crippen LogP contribution in [-0.4, -0.2) is 34.3 Å². The number of hydrogen-bond donors (Lipinski definition) is 2. The van der Waals surface area contributed by atoms with Gasteiger partial charge >= 0.3 is 6.03 Å². The molecule has 2 aliphatic rings. The zero-order valence-corrected chi connectivity index (χ0v) is 15.4. The maximum absolute atomic E-state index is 13.1. The second-order valence-corrected chi connectivity index (χ2v) is 7.42. The molecule has 0 aromatic heterocycles. The van der Waals surface area contributed by atoms with Gasteiger partial charge in [-0.25, -0.2) is 14.1 Å². The second-order valence-electron chi connectivity index (χ2n) is 7.01. The fourth-order valence-corrected chi connectivity index (χ4v) is 3.97. The van der Waals surface area contributed by atoms with Crippen LogP contribution in [0.4, 0.5) is 14.9 Å². The number of carbonyl (C=O) groups excluding carboxylic acids is 3. The van der Waals surface area contributed by atoms with Crippen molar-refractivity contribution < 1.29 is 18.8 Å². The van der Waals surface area contributed by atoms with Gasteiger partial charge in [-0.3, -0.25) is 9.59 Å². The number of carbonyl (C=O) groups is 3. The number of imide groups is 1. The highest BCUT2D eigenvalue weighted by Gasteiger charge is 2.56. The minimum atomic E-state index is -1.02. The molecule has 1 aliphatic heterocycles. The molecule has 1 aliphatic carbocycles. The van der Waals surface area contributed by atoms with Crippen LogP contribution in [-0.2, 0) is 9.59 Å². The molecule has 3 rings (SSSR count). The highest BCUT2D eigenvalue weighted by Crippen LogP contribution is 2.38. The van der Waals surface area contributed by atoms with Crippen molar-refractivity contribution in [1.29, 1.82) is 0 Å². The molecule has 1 spiro atoms. The van der Waals surface area contributed by atoms with Crippen molar-refractivity contribution in [2.45, 2.75) is 51.1 Å². The summed E-state index contributed by atoms with van der Waals surface area (Å²) in [5.74, 6) is -1.44. The Kier molecular flexibility index (Phi) is 4.92. The summed E-state index contributed by atoms with van der Waals surface area (Å²) in [5, 5.41) is 5.41. The topological polar surface area (TPSA) is 78.5 Å². The standard InChI is InChI=1S/C18H21ClFN3O3/c1-10-5-3-4-8-18(10)16(25)23(17(26)22-18)11(2)15(24)21-14-7-6-12(20)9-13(14)19/h6-7,9-11H,3-5,8H2,1-2H3,(H,21,24)(H,22,26)/t10-,11-,18-/m0/s1. The first kappa shape index (κ1) is 18.6. The molecule has 1 aromatic rings. The van der Waals surface area contributed by atoms with Gasteiger partial charge in [-0.1, -0.05) is 31.4 Å². The predicted molar refractivity (Wildman–Crippen MR) is 95.2 cm³/mol. The molecule has 1 aromatic carbocycles. The van der Waals surface area contributed by atoms with Crippen molar-refractivity contribution in [2.24, 2.45) is 5.92 Å². The number of amides is 4. The third kappa shape index (κ3) is 3.05. The van der Waals surface area contributed by atoms with Crippen molar-refractivity contribution in [3.05, 3.63) is 29.0 Å². The van der Waals surface area contributed by atoms with Crippen LogP contribution in [0.25, 0.3) is 0 Å². The lowest BCUT2D eigenvalue weighted by atomic mass is 9.73. The predicted octanol–water partition coefficient (Wildman–Crippen LogP) is 3.31. The number of benzene rings is 1. The highest BCUT2D eigenvalue weighted by atomic mass is 35.5. The second kappa shape index (κ2) is 6.87. The summed E-state index contributed by atoms with van der Waals surface area (Å²) in [6, 6.07) is 2.00. The van der Waals surface area contributed by atoms with E-state index in [4.69, 9.17) is 11.6 Å². The van der Waals surface area contributed by atoms with Crippen LogP contribution in [0, 0.1) is 11.7 Å². The normalized spacial score (nSPS) is 26.8. The lowest BCUT2D eigenvalue weighted by Gasteiger charge is -2.37. The molecule has 1 saturated carbocycles. The Balaban J connectivity index is 1.78. The molecule has 0 bridgehead atoms. The average molecular weight is 382 g/mol. The minimum Gasteiger partial charge on any atom is -0.323 e. The number of halogens is 2. The molecule has 140 valence electrons. The van der Waals surface area contributed by atoms with Crippen molar-refractivity contribution in [1.82, 2.24) is 10.2 Å². The monoisotopic (exact) mass is 381 g/mol. The molecule has 1 heterocycles. The number of anilines is 1. The van der Waals surface area contributed by atoms with E-state index in [0.717, 1.165) is 30.2 Å². The van der Waals surface area contributed by atoms with Crippen LogP contribution in [0.1, 0.15) is 39.5 Å². The van der Waals surface area contributed by atoms with Crippen LogP contribution < -0.4 is 10.6 Å². The van der Waals surface area contributed by atoms with Gasteiger partial charge in [-0.15, -0.1) is 0 Å². The van der Waals surface area contributed by atoms with Crippen LogP contribution in [0.2, 0.25) is 5.02 Å². The molecule has 26 heavy (non-hydrogen) atoms. The Hall–Kier alpha value is -2.15. The minimum absolute atomic E-state index is 0.0134. The summed E-state index contributed by atoms with van der Waals surface area (Å²) < 4.78 is 13.1. The van der Waals surface area contributed by atoms with Crippen molar-refractivity contribution >= 4 is 35.1 Å². The molecule has 6 nitrogen and oxygen atoms in total. The zero-order chi connectivity index (χ0) is 19.1. The number of nitrogens with one attached hydrogen (secondary N) is 2. The number of hydrogen-bond acceptors (Lipinski definition) is 3. The summed E-state index contributed by atoms with van der Waals surface area (Å²) in [4.78, 5) is 39.0. The maximum atomic E-state index is 13.1. The van der Waals surface area contributed by atoms with E-state index in [1.165, 1.54) is 19.1 Å². The molecule has 2 fully saturated rings. The Labute approximate surface area is 156 Å². The summed E-state index contributed by atoms with van der Waals surface area (Å²) in [5.41, 5.74) is -0.699. The Morgan fingerprint density at radius 3 is 2.81 bits per heavy atom. The van der Waals surface area contributed by atoms with Gasteiger partial charge in [0.1, 0.15) is 17.4 Å². The molecule has 4 amide bonds. The molecule has 3 atom stereocenters. The summed E-state index contributed by atoms with van der Waals surface area (Å²) in [6.07, 6.45) is 3.31. The molecule has 1 saturated heterocycles. The summed E-state index contributed by atoms with van der Waals surface area (Å²) in [7, 11) is 0. The Bertz CT molecular complexity index is 772. The Morgan fingerprint density at radius 1 is 1.42 bits per heavy atom. The molecule has 0 radical (unpaired) electrons. The first-order valence-corrected chi connectivity index (χ1v) is 9.06. The van der Waals surface area contributed by atoms with Crippen molar-refractivity contribution in [2.75, 3.05) is 5.32 Å². The largest absolute Gasteiger partial charge is 0.325 e. The van der Waals surface area contributed by atoms with E-state index in [1.807, 2.05) is 6.92 Å². The van der Waals surface area contributed by atoms with Crippen LogP contribution in [0.15, 0.2) is 18.2 Å². The van der Waals surface area contributed by atoms with E-state index in [2.05, 4.69) is 10.6 Å². The van der Waals surface area contributed by atoms with Crippen molar-refractivity contribution in [3.63, 3.8) is 0 Å². The van der Waals surface area contributed by atoms with E-state index >= 15 is 0 Å². The third-order valence-corrected chi connectivity index (χ3v) is 5.72. The fourth-order valence-electron chi connectivity index (χ4n) is 3.76. The summed E-state index contributed by atoms with van der Waals surface area (Å²) >= 11 is 5.92. The third-order valence-electron chi connectivity index (χ3n) is 5.40. The van der Waals surface area contributed by atoms with Gasteiger partial charge in [-0.05, 0) is 43.9 Å². The first-order chi connectivity index (χ1) is 12.3. The van der Waals surface area contributed by atoms with Gasteiger partial charge in [0.25, 0.3) is 5.91 Å². The summed E-state index contributed by atoms with van der Waals surface area (Å²) in [6.45, 7) is 3.43. The van der Waals surface area contributed by atoms with Gasteiger partial charge in [0.15, 0.2) is 0 Å². The quantitative estimate of drug-likeness (QED) is 0.788. The van der Waals surface area contributed by atoms with Gasteiger partial charge < -0.3 is 10.6 Å². The molecule has 0 unspecified atom stereocenters. The number of rotatable bonds is 3. The van der Waals surface area contributed by atoms with Gasteiger partial charge in [0.05, 0.1) is 10.7 Å². The van der Waals surface area contributed by atoms with Crippen LogP contribution in [0.5, 0.6) is 0 Å². The van der Waals surface area contributed by atoms with E-state index in [1.54, 1.807) is 0 Å². The number of nitrogens with zero attached hydrogens (tertiary/aromatic N) is 1. The van der Waals surface area contributed by atoms with E-state index in [-0.39, 0.29) is 22.5 Å². The van der Waals surface area contributed by atoms with Crippen LogP contribution in [0.3, 0.4) is 0 Å². The first-order valence-electron chi connectivity index (χ1n) is 8.68. The zero-order valence-electron chi connectivity index (χ0n) is 14.6. The number of urea groups is 1. The molecule has 8 heteroatoms. The molecule has 2 N–H and O–H groups in total. The van der Waals surface area contributed by atoms with E-state index < -0.39 is 29.3 Å². The smallest absolute Gasteiger partial charge is 0.323 e. The van der Waals surface area contributed by atoms with E-state index in [0.29, 0.717) is 6.42 Å². The van der Waals surface area contributed by atoms with Gasteiger partial charge in [-0.2, -0.15) is 0 Å². The van der Waals surface area contributed by atoms with Gasteiger partial charge in [0, 0.05) is 0 Å². The highest BCUT2D eigenvalue weighted by molar-refractivity contribution is 6.33. The fraction of sp³-hybridized carbons (Fsp3) is 0.500. The lowest BCUT2D eigenvalue weighted by molar-refractivity contribution is -0.138. The maximum Gasteiger partial charge on any atom is 0.325 e. The van der Waals surface area contributed by atoms with E-state index in [9.17, 15) is 18.8 Å². The SMILES string of the molecule is C[C@@H](C(=O)Nc1ccc(F)cc1Cl)N1C(=O)N[C@]2(CCCC[C@@H]2C)C1=O. The Morgan fingerprint density at radius 2 is 2.15 bits per heavy atom. The average Bonchev–Trinajstić information content (AvgIpc) is 2.83. The molecular formula is C18H21ClFN3O3. The molecular weight excluding hydrogens is 361 g/mol. The van der Waals surface area contributed by atoms with Crippen molar-refractivity contribution in [3.8, 4) is 0 Å².